The molecule has 0 bridgehead atoms. The summed E-state index contributed by atoms with van der Waals surface area (Å²) < 4.78 is 45.9. The molecule has 128 valence electrons. The standard InChI is InChI=1S/C15H14F3N3O3/c1-24-9-4-2-8(3-5-9)11-6-12(15(16,17)18)21-13(20-11)10(7-19-21)14(22)23/h2-5,7,11-12,20H,6H2,1H3,(H,22,23). The van der Waals surface area contributed by atoms with Gasteiger partial charge in [-0.05, 0) is 17.7 Å². The molecule has 3 rings (SSSR count). The summed E-state index contributed by atoms with van der Waals surface area (Å²) in [6.45, 7) is 0. The molecular formula is C15H14F3N3O3. The van der Waals surface area contributed by atoms with Gasteiger partial charge in [0.05, 0.1) is 19.3 Å². The number of alkyl halides is 3. The van der Waals surface area contributed by atoms with Crippen LogP contribution in [-0.4, -0.2) is 34.1 Å². The van der Waals surface area contributed by atoms with E-state index in [1.165, 1.54) is 7.11 Å². The fourth-order valence-corrected chi connectivity index (χ4v) is 2.77. The monoisotopic (exact) mass is 341 g/mol. The van der Waals surface area contributed by atoms with Gasteiger partial charge in [0.1, 0.15) is 17.1 Å². The van der Waals surface area contributed by atoms with Gasteiger partial charge >= 0.3 is 12.1 Å². The van der Waals surface area contributed by atoms with Gasteiger partial charge in [-0.3, -0.25) is 0 Å². The lowest BCUT2D eigenvalue weighted by Gasteiger charge is -2.33. The number of ether oxygens (including phenoxy) is 1. The largest absolute Gasteiger partial charge is 0.497 e. The van der Waals surface area contributed by atoms with Crippen molar-refractivity contribution in [3.05, 3.63) is 41.6 Å². The molecule has 2 unspecified atom stereocenters. The Labute approximate surface area is 134 Å². The number of nitrogens with one attached hydrogen (secondary N) is 1. The number of carbonyl (C=O) groups is 1. The van der Waals surface area contributed by atoms with Crippen LogP contribution in [-0.2, 0) is 0 Å². The first-order valence-electron chi connectivity index (χ1n) is 7.09. The van der Waals surface area contributed by atoms with E-state index >= 15 is 0 Å². The number of carboxylic acid groups (broad SMARTS) is 1. The third-order valence-corrected chi connectivity index (χ3v) is 3.99. The number of hydrogen-bond donors (Lipinski definition) is 2. The van der Waals surface area contributed by atoms with Crippen LogP contribution in [0.3, 0.4) is 0 Å². The quantitative estimate of drug-likeness (QED) is 0.896. The normalized spacial score (nSPS) is 20.2. The van der Waals surface area contributed by atoms with Gasteiger partial charge < -0.3 is 15.2 Å². The molecule has 1 aromatic heterocycles. The Kier molecular flexibility index (Phi) is 3.86. The number of nitrogens with zero attached hydrogens (tertiary/aromatic N) is 2. The predicted octanol–water partition coefficient (Wildman–Crippen LogP) is 3.25. The van der Waals surface area contributed by atoms with E-state index in [1.54, 1.807) is 24.3 Å². The molecule has 1 aromatic carbocycles. The maximum Gasteiger partial charge on any atom is 0.410 e. The topological polar surface area (TPSA) is 76.4 Å². The highest BCUT2D eigenvalue weighted by molar-refractivity contribution is 5.93. The number of hydrogen-bond acceptors (Lipinski definition) is 4. The van der Waals surface area contributed by atoms with Gasteiger partial charge in [0, 0.05) is 6.42 Å². The number of anilines is 1. The summed E-state index contributed by atoms with van der Waals surface area (Å²) in [5, 5.41) is 15.6. The van der Waals surface area contributed by atoms with Crippen LogP contribution >= 0.6 is 0 Å². The number of rotatable bonds is 3. The average Bonchev–Trinajstić information content (AvgIpc) is 2.97. The molecule has 2 aromatic rings. The summed E-state index contributed by atoms with van der Waals surface area (Å²) in [5.41, 5.74) is 0.316. The molecule has 0 radical (unpaired) electrons. The summed E-state index contributed by atoms with van der Waals surface area (Å²) in [6, 6.07) is 4.00. The Morgan fingerprint density at radius 1 is 1.38 bits per heavy atom. The number of aromatic nitrogens is 2. The summed E-state index contributed by atoms with van der Waals surface area (Å²) in [7, 11) is 1.49. The Balaban J connectivity index is 2.02. The second-order valence-corrected chi connectivity index (χ2v) is 5.42. The molecule has 0 saturated carbocycles. The van der Waals surface area contributed by atoms with Crippen molar-refractivity contribution in [2.45, 2.75) is 24.7 Å². The number of benzene rings is 1. The lowest BCUT2D eigenvalue weighted by Crippen LogP contribution is -2.36. The van der Waals surface area contributed by atoms with Crippen molar-refractivity contribution >= 4 is 11.8 Å². The van der Waals surface area contributed by atoms with Gasteiger partial charge in [0.25, 0.3) is 0 Å². The molecule has 2 heterocycles. The molecule has 0 aliphatic carbocycles. The zero-order valence-electron chi connectivity index (χ0n) is 12.5. The van der Waals surface area contributed by atoms with Crippen LogP contribution in [0.1, 0.15) is 34.4 Å². The van der Waals surface area contributed by atoms with Crippen LogP contribution in [0, 0.1) is 0 Å². The molecule has 0 spiro atoms. The maximum atomic E-state index is 13.4. The summed E-state index contributed by atoms with van der Waals surface area (Å²) in [4.78, 5) is 11.2. The minimum absolute atomic E-state index is 0.142. The highest BCUT2D eigenvalue weighted by Crippen LogP contribution is 2.44. The van der Waals surface area contributed by atoms with Crippen molar-refractivity contribution < 1.29 is 27.8 Å². The van der Waals surface area contributed by atoms with E-state index < -0.39 is 24.2 Å². The third kappa shape index (κ3) is 2.77. The van der Waals surface area contributed by atoms with E-state index in [9.17, 15) is 18.0 Å². The minimum Gasteiger partial charge on any atom is -0.497 e. The van der Waals surface area contributed by atoms with E-state index in [0.29, 0.717) is 16.0 Å². The van der Waals surface area contributed by atoms with E-state index in [0.717, 1.165) is 6.20 Å². The Bertz CT molecular complexity index is 756. The van der Waals surface area contributed by atoms with Crippen LogP contribution in [0.4, 0.5) is 19.0 Å². The van der Waals surface area contributed by atoms with Gasteiger partial charge in [-0.1, -0.05) is 12.1 Å². The SMILES string of the molecule is COc1ccc(C2CC(C(F)(F)F)n3ncc(C(=O)O)c3N2)cc1. The van der Waals surface area contributed by atoms with Gasteiger partial charge in [-0.2, -0.15) is 18.3 Å². The molecule has 0 amide bonds. The number of carboxylic acids is 1. The molecule has 0 fully saturated rings. The van der Waals surface area contributed by atoms with Gasteiger partial charge in [-0.25, -0.2) is 9.48 Å². The maximum absolute atomic E-state index is 13.4. The number of methoxy groups -OCH3 is 1. The summed E-state index contributed by atoms with van der Waals surface area (Å²) in [6.07, 6.45) is -3.90. The van der Waals surface area contributed by atoms with Crippen LogP contribution in [0.2, 0.25) is 0 Å². The van der Waals surface area contributed by atoms with Crippen molar-refractivity contribution in [1.82, 2.24) is 9.78 Å². The predicted molar refractivity (Wildman–Crippen MR) is 78.3 cm³/mol. The number of aromatic carboxylic acids is 1. The first kappa shape index (κ1) is 16.2. The fourth-order valence-electron chi connectivity index (χ4n) is 2.77. The zero-order valence-corrected chi connectivity index (χ0v) is 12.5. The van der Waals surface area contributed by atoms with Crippen molar-refractivity contribution in [1.29, 1.82) is 0 Å². The van der Waals surface area contributed by atoms with Crippen molar-refractivity contribution in [2.75, 3.05) is 12.4 Å². The van der Waals surface area contributed by atoms with Crippen molar-refractivity contribution in [3.63, 3.8) is 0 Å². The average molecular weight is 341 g/mol. The van der Waals surface area contributed by atoms with E-state index in [4.69, 9.17) is 9.84 Å². The smallest absolute Gasteiger partial charge is 0.410 e. The fraction of sp³-hybridized carbons (Fsp3) is 0.333. The molecule has 1 aliphatic heterocycles. The van der Waals surface area contributed by atoms with Gasteiger partial charge in [0.2, 0.25) is 0 Å². The molecule has 0 saturated heterocycles. The Morgan fingerprint density at radius 3 is 2.58 bits per heavy atom. The van der Waals surface area contributed by atoms with Crippen LogP contribution in [0.25, 0.3) is 0 Å². The molecule has 24 heavy (non-hydrogen) atoms. The lowest BCUT2D eigenvalue weighted by molar-refractivity contribution is -0.173. The highest BCUT2D eigenvalue weighted by Gasteiger charge is 2.47. The van der Waals surface area contributed by atoms with Crippen LogP contribution < -0.4 is 10.1 Å². The molecular weight excluding hydrogens is 327 g/mol. The van der Waals surface area contributed by atoms with E-state index in [2.05, 4.69) is 10.4 Å². The van der Waals surface area contributed by atoms with E-state index in [1.807, 2.05) is 0 Å². The van der Waals surface area contributed by atoms with E-state index in [-0.39, 0.29) is 17.8 Å². The highest BCUT2D eigenvalue weighted by atomic mass is 19.4. The first-order chi connectivity index (χ1) is 11.3. The minimum atomic E-state index is -4.54. The first-order valence-corrected chi connectivity index (χ1v) is 7.09. The summed E-state index contributed by atoms with van der Waals surface area (Å²) >= 11 is 0. The van der Waals surface area contributed by atoms with Gasteiger partial charge in [-0.15, -0.1) is 0 Å². The number of fused-ring (bicyclic) bond motifs is 1. The molecule has 1 aliphatic rings. The molecule has 9 heteroatoms. The zero-order chi connectivity index (χ0) is 17.5. The molecule has 2 N–H and O–H groups in total. The molecule has 6 nitrogen and oxygen atoms in total. The second-order valence-electron chi connectivity index (χ2n) is 5.42. The third-order valence-electron chi connectivity index (χ3n) is 3.99. The van der Waals surface area contributed by atoms with Crippen LogP contribution in [0.5, 0.6) is 5.75 Å². The second kappa shape index (κ2) is 5.73. The van der Waals surface area contributed by atoms with Gasteiger partial charge in [0.15, 0.2) is 6.04 Å². The Hall–Kier alpha value is -2.71. The summed E-state index contributed by atoms with van der Waals surface area (Å²) in [5.74, 6) is -0.893. The van der Waals surface area contributed by atoms with Crippen molar-refractivity contribution in [3.8, 4) is 5.75 Å². The van der Waals surface area contributed by atoms with Crippen LogP contribution in [0.15, 0.2) is 30.5 Å². The lowest BCUT2D eigenvalue weighted by atomic mass is 9.96. The number of halogens is 3. The molecule has 2 atom stereocenters. The Morgan fingerprint density at radius 2 is 2.04 bits per heavy atom. The van der Waals surface area contributed by atoms with Crippen molar-refractivity contribution in [2.24, 2.45) is 0 Å².